The van der Waals surface area contributed by atoms with E-state index < -0.39 is 6.10 Å². The summed E-state index contributed by atoms with van der Waals surface area (Å²) in [5.41, 5.74) is 3.90. The standard InChI is InChI=1S/C23H18ClN3O2/c1-15(29-20-11-10-16-6-2-3-7-17(16)13-20)23(28)27-25-14-19-12-18-8-4-5-9-21(18)26-22(19)24/h2-15H,1H3,(H,27,28)/b25-14-/t15-/m1/s1. The molecule has 0 aliphatic heterocycles. The molecule has 144 valence electrons. The number of pyridine rings is 1. The molecule has 0 aliphatic rings. The van der Waals surface area contributed by atoms with Crippen LogP contribution in [0.1, 0.15) is 12.5 Å². The summed E-state index contributed by atoms with van der Waals surface area (Å²) in [6.07, 6.45) is 0.765. The Bertz CT molecular complexity index is 1220. The fourth-order valence-corrected chi connectivity index (χ4v) is 3.15. The number of ether oxygens (including phenoxy) is 1. The molecule has 1 atom stereocenters. The maximum absolute atomic E-state index is 12.3. The van der Waals surface area contributed by atoms with Crippen molar-refractivity contribution in [3.63, 3.8) is 0 Å². The molecule has 4 aromatic rings. The molecule has 0 spiro atoms. The first kappa shape index (κ1) is 18.9. The first-order chi connectivity index (χ1) is 14.1. The Hall–Kier alpha value is -3.44. The summed E-state index contributed by atoms with van der Waals surface area (Å²) < 4.78 is 5.74. The van der Waals surface area contributed by atoms with Gasteiger partial charge in [0.1, 0.15) is 10.9 Å². The van der Waals surface area contributed by atoms with Gasteiger partial charge >= 0.3 is 0 Å². The molecule has 0 unspecified atom stereocenters. The maximum Gasteiger partial charge on any atom is 0.280 e. The zero-order chi connectivity index (χ0) is 20.2. The zero-order valence-electron chi connectivity index (χ0n) is 15.7. The van der Waals surface area contributed by atoms with Crippen LogP contribution in [-0.4, -0.2) is 23.2 Å². The number of nitrogens with one attached hydrogen (secondary N) is 1. The van der Waals surface area contributed by atoms with Gasteiger partial charge in [0.2, 0.25) is 0 Å². The summed E-state index contributed by atoms with van der Waals surface area (Å²) in [4.78, 5) is 16.6. The summed E-state index contributed by atoms with van der Waals surface area (Å²) in [5, 5.41) is 7.42. The minimum Gasteiger partial charge on any atom is -0.481 e. The van der Waals surface area contributed by atoms with Gasteiger partial charge in [-0.2, -0.15) is 5.10 Å². The van der Waals surface area contributed by atoms with Crippen LogP contribution in [0.15, 0.2) is 77.9 Å². The second kappa shape index (κ2) is 8.29. The fourth-order valence-electron chi connectivity index (χ4n) is 2.95. The highest BCUT2D eigenvalue weighted by molar-refractivity contribution is 6.32. The second-order valence-corrected chi connectivity index (χ2v) is 6.92. The summed E-state index contributed by atoms with van der Waals surface area (Å²) in [5.74, 6) is 0.261. The molecule has 0 saturated carbocycles. The quantitative estimate of drug-likeness (QED) is 0.291. The van der Waals surface area contributed by atoms with E-state index in [1.807, 2.05) is 72.8 Å². The average Bonchev–Trinajstić information content (AvgIpc) is 2.74. The lowest BCUT2D eigenvalue weighted by Gasteiger charge is -2.13. The molecular weight excluding hydrogens is 386 g/mol. The molecule has 4 rings (SSSR count). The SMILES string of the molecule is C[C@@H](Oc1ccc2ccccc2c1)C(=O)N/N=C\c1cc2ccccc2nc1Cl. The highest BCUT2D eigenvalue weighted by atomic mass is 35.5. The Balaban J connectivity index is 1.41. The van der Waals surface area contributed by atoms with Crippen molar-refractivity contribution in [2.45, 2.75) is 13.0 Å². The lowest BCUT2D eigenvalue weighted by Crippen LogP contribution is -2.33. The van der Waals surface area contributed by atoms with Crippen molar-refractivity contribution in [3.05, 3.63) is 83.5 Å². The van der Waals surface area contributed by atoms with Gasteiger partial charge in [0, 0.05) is 10.9 Å². The van der Waals surface area contributed by atoms with Crippen molar-refractivity contribution in [2.75, 3.05) is 0 Å². The molecule has 3 aromatic carbocycles. The topological polar surface area (TPSA) is 63.6 Å². The van der Waals surface area contributed by atoms with Crippen molar-refractivity contribution in [1.29, 1.82) is 0 Å². The van der Waals surface area contributed by atoms with Crippen LogP contribution in [0.5, 0.6) is 5.75 Å². The number of hydrazone groups is 1. The van der Waals surface area contributed by atoms with Gasteiger partial charge in [0.15, 0.2) is 6.10 Å². The van der Waals surface area contributed by atoms with Crippen molar-refractivity contribution < 1.29 is 9.53 Å². The predicted octanol–water partition coefficient (Wildman–Crippen LogP) is 4.96. The minimum absolute atomic E-state index is 0.321. The normalized spacial score (nSPS) is 12.3. The molecule has 6 heteroatoms. The summed E-state index contributed by atoms with van der Waals surface area (Å²) in [6, 6.07) is 23.2. The molecule has 1 aromatic heterocycles. The van der Waals surface area contributed by atoms with E-state index in [1.54, 1.807) is 6.92 Å². The number of para-hydroxylation sites is 1. The molecule has 0 bridgehead atoms. The summed E-state index contributed by atoms with van der Waals surface area (Å²) >= 11 is 6.20. The smallest absolute Gasteiger partial charge is 0.280 e. The van der Waals surface area contributed by atoms with Crippen LogP contribution < -0.4 is 10.2 Å². The molecular formula is C23H18ClN3O2. The number of rotatable bonds is 5. The number of aromatic nitrogens is 1. The zero-order valence-corrected chi connectivity index (χ0v) is 16.4. The number of carbonyl (C=O) groups is 1. The summed E-state index contributed by atoms with van der Waals surface area (Å²) in [7, 11) is 0. The fraction of sp³-hybridized carbons (Fsp3) is 0.0870. The van der Waals surface area contributed by atoms with Gasteiger partial charge in [0.05, 0.1) is 11.7 Å². The van der Waals surface area contributed by atoms with Crippen molar-refractivity contribution in [2.24, 2.45) is 5.10 Å². The predicted molar refractivity (Wildman–Crippen MR) is 117 cm³/mol. The van der Waals surface area contributed by atoms with Gasteiger partial charge < -0.3 is 4.74 Å². The number of carbonyl (C=O) groups excluding carboxylic acids is 1. The van der Waals surface area contributed by atoms with E-state index >= 15 is 0 Å². The molecule has 0 radical (unpaired) electrons. The Labute approximate surface area is 173 Å². The Morgan fingerprint density at radius 2 is 1.76 bits per heavy atom. The molecule has 0 aliphatic carbocycles. The third-order valence-electron chi connectivity index (χ3n) is 4.49. The third-order valence-corrected chi connectivity index (χ3v) is 4.79. The lowest BCUT2D eigenvalue weighted by atomic mass is 10.1. The van der Waals surface area contributed by atoms with Crippen molar-refractivity contribution >= 4 is 45.4 Å². The highest BCUT2D eigenvalue weighted by Crippen LogP contribution is 2.21. The second-order valence-electron chi connectivity index (χ2n) is 6.56. The van der Waals surface area contributed by atoms with Gasteiger partial charge in [-0.3, -0.25) is 4.79 Å². The molecule has 1 N–H and O–H groups in total. The lowest BCUT2D eigenvalue weighted by molar-refractivity contribution is -0.127. The van der Waals surface area contributed by atoms with Gasteiger partial charge in [-0.15, -0.1) is 0 Å². The molecule has 0 saturated heterocycles. The van der Waals surface area contributed by atoms with Crippen LogP contribution in [0.4, 0.5) is 0 Å². The first-order valence-corrected chi connectivity index (χ1v) is 9.51. The Morgan fingerprint density at radius 3 is 2.59 bits per heavy atom. The van der Waals surface area contributed by atoms with E-state index in [9.17, 15) is 4.79 Å². The van der Waals surface area contributed by atoms with Gasteiger partial charge in [-0.25, -0.2) is 10.4 Å². The molecule has 1 heterocycles. The monoisotopic (exact) mass is 403 g/mol. The molecule has 0 fully saturated rings. The number of amides is 1. The van der Waals surface area contributed by atoms with Crippen LogP contribution in [0.3, 0.4) is 0 Å². The Morgan fingerprint density at radius 1 is 1.03 bits per heavy atom. The molecule has 5 nitrogen and oxygen atoms in total. The van der Waals surface area contributed by atoms with Crippen LogP contribution in [0, 0.1) is 0 Å². The van der Waals surface area contributed by atoms with Crippen LogP contribution >= 0.6 is 11.6 Å². The Kier molecular flexibility index (Phi) is 5.40. The van der Waals surface area contributed by atoms with E-state index in [-0.39, 0.29) is 5.91 Å². The average molecular weight is 404 g/mol. The largest absolute Gasteiger partial charge is 0.481 e. The van der Waals surface area contributed by atoms with Crippen molar-refractivity contribution in [3.8, 4) is 5.75 Å². The minimum atomic E-state index is -0.710. The van der Waals surface area contributed by atoms with Crippen LogP contribution in [0.2, 0.25) is 5.15 Å². The third kappa shape index (κ3) is 4.36. The van der Waals surface area contributed by atoms with Crippen molar-refractivity contribution in [1.82, 2.24) is 10.4 Å². The number of nitrogens with zero attached hydrogens (tertiary/aromatic N) is 2. The van der Waals surface area contributed by atoms with E-state index in [4.69, 9.17) is 16.3 Å². The van der Waals surface area contributed by atoms with Crippen LogP contribution in [0.25, 0.3) is 21.7 Å². The van der Waals surface area contributed by atoms with E-state index in [0.29, 0.717) is 16.5 Å². The number of hydrogen-bond acceptors (Lipinski definition) is 4. The van der Waals surface area contributed by atoms with E-state index in [1.165, 1.54) is 6.21 Å². The maximum atomic E-state index is 12.3. The van der Waals surface area contributed by atoms with Gasteiger partial charge in [-0.05, 0) is 42.0 Å². The molecule has 1 amide bonds. The number of hydrogen-bond donors (Lipinski definition) is 1. The highest BCUT2D eigenvalue weighted by Gasteiger charge is 2.14. The van der Waals surface area contributed by atoms with Gasteiger partial charge in [-0.1, -0.05) is 60.1 Å². The number of halogens is 1. The van der Waals surface area contributed by atoms with E-state index in [2.05, 4.69) is 15.5 Å². The molecule has 29 heavy (non-hydrogen) atoms. The van der Waals surface area contributed by atoms with Gasteiger partial charge in [0.25, 0.3) is 5.91 Å². The summed E-state index contributed by atoms with van der Waals surface area (Å²) in [6.45, 7) is 1.67. The number of benzene rings is 3. The van der Waals surface area contributed by atoms with Crippen LogP contribution in [-0.2, 0) is 4.79 Å². The van der Waals surface area contributed by atoms with E-state index in [0.717, 1.165) is 21.7 Å². The first-order valence-electron chi connectivity index (χ1n) is 9.14. The number of fused-ring (bicyclic) bond motifs is 2.